The Balaban J connectivity index is 1.71. The van der Waals surface area contributed by atoms with Crippen LogP contribution in [0.25, 0.3) is 5.69 Å². The van der Waals surface area contributed by atoms with Crippen LogP contribution >= 0.6 is 23.8 Å². The lowest BCUT2D eigenvalue weighted by Crippen LogP contribution is -2.30. The smallest absolute Gasteiger partial charge is 0.229 e. The zero-order valence-corrected chi connectivity index (χ0v) is 25.2. The molecule has 2 N–H and O–H groups in total. The maximum atomic E-state index is 11.9. The van der Waals surface area contributed by atoms with Gasteiger partial charge in [0.05, 0.1) is 36.8 Å². The summed E-state index contributed by atoms with van der Waals surface area (Å²) in [5, 5.41) is 4.69. The monoisotopic (exact) mass is 595 g/mol. The van der Waals surface area contributed by atoms with Crippen molar-refractivity contribution in [3.63, 3.8) is 0 Å². The fraction of sp³-hybridized carbons (Fsp3) is 0.241. The zero-order valence-electron chi connectivity index (χ0n) is 22.8. The molecule has 0 bridgehead atoms. The van der Waals surface area contributed by atoms with E-state index in [-0.39, 0.29) is 12.1 Å². The highest BCUT2D eigenvalue weighted by atomic mass is 35.5. The number of methoxy groups -OCH3 is 1. The lowest BCUT2D eigenvalue weighted by atomic mass is 9.93. The number of nitrogens with one attached hydrogen (secondary N) is 2. The van der Waals surface area contributed by atoms with Crippen molar-refractivity contribution in [3.05, 3.63) is 100 Å². The van der Waals surface area contributed by atoms with E-state index in [1.165, 1.54) is 7.11 Å². The van der Waals surface area contributed by atoms with Gasteiger partial charge >= 0.3 is 0 Å². The largest absolute Gasteiger partial charge is 0.494 e. The number of pyridine rings is 1. The van der Waals surface area contributed by atoms with E-state index in [4.69, 9.17) is 28.6 Å². The maximum absolute atomic E-state index is 11.9. The van der Waals surface area contributed by atoms with Crippen molar-refractivity contribution < 1.29 is 13.2 Å². The van der Waals surface area contributed by atoms with Crippen molar-refractivity contribution in [2.24, 2.45) is 0 Å². The summed E-state index contributed by atoms with van der Waals surface area (Å²) in [6.45, 7) is 6.32. The highest BCUT2D eigenvalue weighted by Gasteiger charge is 2.43. The molecule has 0 radical (unpaired) electrons. The normalized spacial score (nSPS) is 17.1. The Morgan fingerprint density at radius 2 is 1.80 bits per heavy atom. The fourth-order valence-electron chi connectivity index (χ4n) is 5.48. The molecular formula is C29H30ClN5O3S2. The molecule has 0 aliphatic carbocycles. The number of sulfonamides is 1. The van der Waals surface area contributed by atoms with E-state index in [9.17, 15) is 8.42 Å². The highest BCUT2D eigenvalue weighted by Crippen LogP contribution is 2.46. The van der Waals surface area contributed by atoms with Crippen LogP contribution in [0, 0.1) is 20.8 Å². The van der Waals surface area contributed by atoms with Gasteiger partial charge in [-0.05, 0) is 81.0 Å². The van der Waals surface area contributed by atoms with Gasteiger partial charge in [0.1, 0.15) is 5.75 Å². The number of hydrogen-bond donors (Lipinski definition) is 2. The number of rotatable bonds is 7. The molecule has 1 fully saturated rings. The third kappa shape index (κ3) is 5.14. The quantitative estimate of drug-likeness (QED) is 0.253. The van der Waals surface area contributed by atoms with Crippen molar-refractivity contribution in [1.29, 1.82) is 0 Å². The predicted molar refractivity (Wildman–Crippen MR) is 164 cm³/mol. The molecule has 40 heavy (non-hydrogen) atoms. The Hall–Kier alpha value is -3.60. The SMILES string of the molecule is COc1cc(N2C(=S)NC(c3ccccn3)C2c2c(C)c(C)n(-c3cccc(Cl)c3)c2C)ccc1NS(C)(=O)=O. The second-order valence-electron chi connectivity index (χ2n) is 9.78. The van der Waals surface area contributed by atoms with Crippen LogP contribution in [0.4, 0.5) is 11.4 Å². The third-order valence-corrected chi connectivity index (χ3v) is 8.37. The molecule has 5 rings (SSSR count). The van der Waals surface area contributed by atoms with E-state index in [1.54, 1.807) is 18.3 Å². The first-order valence-corrected chi connectivity index (χ1v) is 15.3. The molecular weight excluding hydrogens is 566 g/mol. The molecule has 0 spiro atoms. The second kappa shape index (κ2) is 10.8. The summed E-state index contributed by atoms with van der Waals surface area (Å²) in [4.78, 5) is 6.73. The molecule has 1 aliphatic rings. The first-order chi connectivity index (χ1) is 19.0. The van der Waals surface area contributed by atoms with E-state index < -0.39 is 10.0 Å². The van der Waals surface area contributed by atoms with Gasteiger partial charge in [-0.1, -0.05) is 23.7 Å². The predicted octanol–water partition coefficient (Wildman–Crippen LogP) is 6.01. The van der Waals surface area contributed by atoms with Crippen molar-refractivity contribution in [2.75, 3.05) is 23.0 Å². The van der Waals surface area contributed by atoms with Gasteiger partial charge in [0.2, 0.25) is 10.0 Å². The highest BCUT2D eigenvalue weighted by molar-refractivity contribution is 7.92. The lowest BCUT2D eigenvalue weighted by molar-refractivity contribution is 0.417. The molecule has 8 nitrogen and oxygen atoms in total. The Kier molecular flexibility index (Phi) is 7.52. The minimum Gasteiger partial charge on any atom is -0.494 e. The topological polar surface area (TPSA) is 88.5 Å². The van der Waals surface area contributed by atoms with Gasteiger partial charge in [0.15, 0.2) is 5.11 Å². The Labute approximate surface area is 245 Å². The molecule has 0 saturated carbocycles. The molecule has 2 aromatic carbocycles. The van der Waals surface area contributed by atoms with E-state index in [1.807, 2.05) is 48.5 Å². The molecule has 4 aromatic rings. The summed E-state index contributed by atoms with van der Waals surface area (Å²) < 4.78 is 34.1. The van der Waals surface area contributed by atoms with Gasteiger partial charge in [-0.25, -0.2) is 8.42 Å². The summed E-state index contributed by atoms with van der Waals surface area (Å²) >= 11 is 12.3. The Morgan fingerprint density at radius 1 is 1.02 bits per heavy atom. The summed E-state index contributed by atoms with van der Waals surface area (Å²) in [6.07, 6.45) is 2.88. The lowest BCUT2D eigenvalue weighted by Gasteiger charge is -2.29. The molecule has 3 heterocycles. The number of halogens is 1. The molecule has 2 atom stereocenters. The maximum Gasteiger partial charge on any atom is 0.229 e. The van der Waals surface area contributed by atoms with Crippen LogP contribution in [-0.2, 0) is 10.0 Å². The molecule has 1 saturated heterocycles. The molecule has 11 heteroatoms. The van der Waals surface area contributed by atoms with Crippen molar-refractivity contribution in [1.82, 2.24) is 14.9 Å². The number of nitrogens with zero attached hydrogens (tertiary/aromatic N) is 3. The standard InChI is InChI=1S/C29H30ClN5O3S2/c1-17-18(2)34(21-10-8-9-20(30)15-21)19(3)26(17)28-27(24-11-6-7-14-31-24)32-29(39)35(28)22-12-13-23(25(16-22)38-4)33-40(5,36)37/h6-16,27-28,33H,1-5H3,(H,32,39). The summed E-state index contributed by atoms with van der Waals surface area (Å²) in [6, 6.07) is 18.4. The minimum absolute atomic E-state index is 0.250. The average molecular weight is 596 g/mol. The molecule has 208 valence electrons. The van der Waals surface area contributed by atoms with Crippen LogP contribution in [0.5, 0.6) is 5.75 Å². The van der Waals surface area contributed by atoms with Gasteiger partial charge in [-0.15, -0.1) is 0 Å². The van der Waals surface area contributed by atoms with E-state index in [2.05, 4.69) is 45.3 Å². The average Bonchev–Trinajstić information content (AvgIpc) is 3.35. The van der Waals surface area contributed by atoms with Gasteiger partial charge in [0.25, 0.3) is 0 Å². The van der Waals surface area contributed by atoms with Gasteiger partial charge in [-0.2, -0.15) is 0 Å². The number of aromatic nitrogens is 2. The molecule has 0 amide bonds. The zero-order chi connectivity index (χ0) is 28.8. The first-order valence-electron chi connectivity index (χ1n) is 12.6. The number of hydrogen-bond acceptors (Lipinski definition) is 5. The van der Waals surface area contributed by atoms with Gasteiger partial charge in [-0.3, -0.25) is 9.71 Å². The molecule has 2 aromatic heterocycles. The van der Waals surface area contributed by atoms with Crippen LogP contribution in [0.2, 0.25) is 5.02 Å². The number of benzene rings is 2. The summed E-state index contributed by atoms with van der Waals surface area (Å²) in [5.74, 6) is 0.381. The van der Waals surface area contributed by atoms with Gasteiger partial charge in [0, 0.05) is 45.6 Å². The Bertz CT molecular complexity index is 1710. The van der Waals surface area contributed by atoms with Crippen LogP contribution in [-0.4, -0.2) is 36.4 Å². The van der Waals surface area contributed by atoms with Crippen LogP contribution in [0.15, 0.2) is 66.9 Å². The fourth-order valence-corrected chi connectivity index (χ4v) is 6.58. The van der Waals surface area contributed by atoms with Crippen LogP contribution in [0.3, 0.4) is 0 Å². The number of anilines is 2. The Morgan fingerprint density at radius 3 is 2.45 bits per heavy atom. The minimum atomic E-state index is -3.50. The second-order valence-corrected chi connectivity index (χ2v) is 12.4. The molecule has 1 aliphatic heterocycles. The number of thiocarbonyl (C=S) groups is 1. The third-order valence-electron chi connectivity index (χ3n) is 7.23. The van der Waals surface area contributed by atoms with Crippen LogP contribution in [0.1, 0.15) is 40.3 Å². The van der Waals surface area contributed by atoms with Crippen molar-refractivity contribution in [3.8, 4) is 11.4 Å². The van der Waals surface area contributed by atoms with E-state index in [0.29, 0.717) is 21.6 Å². The summed E-state index contributed by atoms with van der Waals surface area (Å²) in [7, 11) is -1.99. The van der Waals surface area contributed by atoms with Crippen molar-refractivity contribution >= 4 is 50.3 Å². The summed E-state index contributed by atoms with van der Waals surface area (Å²) in [5.41, 5.74) is 7.32. The van der Waals surface area contributed by atoms with Crippen LogP contribution < -0.4 is 19.7 Å². The van der Waals surface area contributed by atoms with E-state index >= 15 is 0 Å². The van der Waals surface area contributed by atoms with Gasteiger partial charge < -0.3 is 19.5 Å². The van der Waals surface area contributed by atoms with Crippen molar-refractivity contribution in [2.45, 2.75) is 32.9 Å². The van der Waals surface area contributed by atoms with E-state index in [0.717, 1.165) is 45.8 Å². The molecule has 2 unspecified atom stereocenters. The number of ether oxygens (including phenoxy) is 1. The first kappa shape index (κ1) is 27.9.